The predicted octanol–water partition coefficient (Wildman–Crippen LogP) is 5.29. The van der Waals surface area contributed by atoms with Gasteiger partial charge in [-0.05, 0) is 42.5 Å². The molecule has 0 spiro atoms. The largest absolute Gasteiger partial charge is 0.493 e. The van der Waals surface area contributed by atoms with E-state index < -0.39 is 15.8 Å². The molecule has 10 nitrogen and oxygen atoms in total. The maximum Gasteiger partial charge on any atom is 0.263 e. The average molecular weight is 581 g/mol. The van der Waals surface area contributed by atoms with E-state index in [-0.39, 0.29) is 46.5 Å². The summed E-state index contributed by atoms with van der Waals surface area (Å²) >= 11 is 1.35. The Balaban J connectivity index is 1.43. The summed E-state index contributed by atoms with van der Waals surface area (Å²) in [6.45, 7) is 0. The van der Waals surface area contributed by atoms with Gasteiger partial charge in [0.2, 0.25) is 5.75 Å². The van der Waals surface area contributed by atoms with Crippen LogP contribution in [0.25, 0.3) is 11.5 Å². The summed E-state index contributed by atoms with van der Waals surface area (Å²) in [5, 5.41) is 2.41. The van der Waals surface area contributed by atoms with Gasteiger partial charge in [-0.15, -0.1) is 11.3 Å². The Hall–Kier alpha value is -4.62. The normalized spacial score (nSPS) is 11.2. The first kappa shape index (κ1) is 27.0. The van der Waals surface area contributed by atoms with Crippen molar-refractivity contribution < 1.29 is 31.5 Å². The molecule has 13 heteroatoms. The number of methoxy groups -OCH3 is 1. The van der Waals surface area contributed by atoms with Gasteiger partial charge in [-0.3, -0.25) is 14.5 Å². The number of nitrogens with one attached hydrogen (secondary N) is 1. The Morgan fingerprint density at radius 2 is 1.95 bits per heavy atom. The van der Waals surface area contributed by atoms with Gasteiger partial charge in [0, 0.05) is 35.4 Å². The number of sulfonamides is 1. The molecule has 0 saturated carbocycles. The van der Waals surface area contributed by atoms with Crippen LogP contribution in [-0.4, -0.2) is 36.3 Å². The molecule has 5 aromatic rings. The van der Waals surface area contributed by atoms with Crippen molar-refractivity contribution in [1.29, 1.82) is 0 Å². The van der Waals surface area contributed by atoms with Gasteiger partial charge in [0.25, 0.3) is 10.0 Å². The highest BCUT2D eigenvalue weighted by Crippen LogP contribution is 2.37. The van der Waals surface area contributed by atoms with E-state index >= 15 is 0 Å². The van der Waals surface area contributed by atoms with Crippen LogP contribution in [0.5, 0.6) is 17.2 Å². The Kier molecular flexibility index (Phi) is 7.84. The quantitative estimate of drug-likeness (QED) is 0.221. The summed E-state index contributed by atoms with van der Waals surface area (Å²) < 4.78 is 59.5. The smallest absolute Gasteiger partial charge is 0.263 e. The molecule has 0 aliphatic rings. The summed E-state index contributed by atoms with van der Waals surface area (Å²) in [6, 6.07) is 11.5. The third kappa shape index (κ3) is 6.16. The second kappa shape index (κ2) is 11.6. The number of ether oxygens (including phenoxy) is 2. The number of hydrogen-bond donors (Lipinski definition) is 1. The highest BCUT2D eigenvalue weighted by molar-refractivity contribution is 7.92. The number of benzene rings is 2. The van der Waals surface area contributed by atoms with Crippen LogP contribution in [0.4, 0.5) is 10.1 Å². The molecule has 0 fully saturated rings. The van der Waals surface area contributed by atoms with Crippen molar-refractivity contribution in [2.45, 2.75) is 17.7 Å². The Morgan fingerprint density at radius 3 is 2.65 bits per heavy atom. The molecule has 1 N–H and O–H groups in total. The van der Waals surface area contributed by atoms with Crippen LogP contribution in [0.2, 0.25) is 0 Å². The number of anilines is 1. The van der Waals surface area contributed by atoms with Crippen molar-refractivity contribution in [2.75, 3.05) is 11.8 Å². The third-order valence-corrected chi connectivity index (χ3v) is 7.77. The lowest BCUT2D eigenvalue weighted by molar-refractivity contribution is -0.117. The van der Waals surface area contributed by atoms with Gasteiger partial charge in [0.15, 0.2) is 23.7 Å². The van der Waals surface area contributed by atoms with Gasteiger partial charge in [-0.2, -0.15) is 0 Å². The fraction of sp³-hybridized carbons (Fsp3) is 0.111. The molecule has 5 rings (SSSR count). The first-order valence-corrected chi connectivity index (χ1v) is 14.1. The minimum atomic E-state index is -4.05. The number of ketones is 1. The number of thiazole rings is 1. The zero-order valence-electron chi connectivity index (χ0n) is 20.9. The van der Waals surface area contributed by atoms with E-state index in [1.54, 1.807) is 11.6 Å². The number of para-hydroxylation sites is 1. The van der Waals surface area contributed by atoms with Crippen LogP contribution in [0.3, 0.4) is 0 Å². The van der Waals surface area contributed by atoms with Crippen molar-refractivity contribution in [3.63, 3.8) is 0 Å². The molecule has 0 bridgehead atoms. The van der Waals surface area contributed by atoms with Gasteiger partial charge in [0.05, 0.1) is 24.7 Å². The van der Waals surface area contributed by atoms with Crippen LogP contribution in [-0.2, 0) is 27.7 Å². The molecule has 2 aromatic carbocycles. The van der Waals surface area contributed by atoms with Crippen LogP contribution in [0.1, 0.15) is 10.6 Å². The monoisotopic (exact) mass is 580 g/mol. The zero-order chi connectivity index (χ0) is 28.1. The molecule has 40 heavy (non-hydrogen) atoms. The van der Waals surface area contributed by atoms with E-state index in [1.807, 2.05) is 0 Å². The number of nitrogens with zero attached hydrogens (tertiary/aromatic N) is 3. The number of Topliss-reactive ketones (excluding diaryl/α,β-unsaturated/α-hetero) is 1. The summed E-state index contributed by atoms with van der Waals surface area (Å²) in [5.41, 5.74) is 0.928. The number of aromatic nitrogens is 3. The van der Waals surface area contributed by atoms with Gasteiger partial charge in [-0.25, -0.2) is 22.8 Å². The molecular formula is C27H21FN4O6S2. The standard InChI is InChI=1S/C27H21FN4O6S2/c1-36-24-4-2-3-21(28)27(24)38-23-8-5-18(11-17(23)12-19(33)13-26-30-9-10-39-26)32-40(34,35)20-6-7-22(31-14-20)25-15-29-16-37-25/h2-11,14-16,32H,12-13H2,1H3. The number of oxazole rings is 1. The molecule has 0 unspecified atom stereocenters. The average Bonchev–Trinajstić information content (AvgIpc) is 3.66. The van der Waals surface area contributed by atoms with Crippen molar-refractivity contribution >= 4 is 32.8 Å². The van der Waals surface area contributed by atoms with Crippen molar-refractivity contribution in [3.05, 3.63) is 95.3 Å². The SMILES string of the molecule is COc1cccc(F)c1Oc1ccc(NS(=O)(=O)c2ccc(-c3cnco3)nc2)cc1CC(=O)Cc1nccs1. The van der Waals surface area contributed by atoms with Crippen molar-refractivity contribution in [1.82, 2.24) is 15.0 Å². The fourth-order valence-electron chi connectivity index (χ4n) is 3.76. The minimum Gasteiger partial charge on any atom is -0.493 e. The lowest BCUT2D eigenvalue weighted by Gasteiger charge is -2.16. The van der Waals surface area contributed by atoms with Crippen LogP contribution in [0, 0.1) is 5.82 Å². The maximum atomic E-state index is 14.6. The zero-order valence-corrected chi connectivity index (χ0v) is 22.5. The Labute approximate surface area is 232 Å². The molecule has 204 valence electrons. The predicted molar refractivity (Wildman–Crippen MR) is 145 cm³/mol. The highest BCUT2D eigenvalue weighted by Gasteiger charge is 2.20. The van der Waals surface area contributed by atoms with Crippen molar-refractivity contribution in [3.8, 4) is 28.7 Å². The number of halogens is 1. The number of rotatable bonds is 11. The number of hydrogen-bond acceptors (Lipinski definition) is 10. The first-order chi connectivity index (χ1) is 19.3. The molecule has 0 aliphatic carbocycles. The van der Waals surface area contributed by atoms with Gasteiger partial charge in [0.1, 0.15) is 22.1 Å². The summed E-state index contributed by atoms with van der Waals surface area (Å²) in [6.07, 6.45) is 5.48. The molecule has 0 radical (unpaired) electrons. The van der Waals surface area contributed by atoms with Crippen LogP contribution < -0.4 is 14.2 Å². The van der Waals surface area contributed by atoms with E-state index in [1.165, 1.54) is 85.8 Å². The Bertz CT molecular complexity index is 1730. The summed E-state index contributed by atoms with van der Waals surface area (Å²) in [4.78, 5) is 24.9. The second-order valence-corrected chi connectivity index (χ2v) is 11.0. The minimum absolute atomic E-state index is 0.0826. The van der Waals surface area contributed by atoms with E-state index in [2.05, 4.69) is 19.7 Å². The van der Waals surface area contributed by atoms with Crippen molar-refractivity contribution in [2.24, 2.45) is 0 Å². The van der Waals surface area contributed by atoms with Gasteiger partial charge < -0.3 is 13.9 Å². The lowest BCUT2D eigenvalue weighted by atomic mass is 10.1. The van der Waals surface area contributed by atoms with Gasteiger partial charge >= 0.3 is 0 Å². The van der Waals surface area contributed by atoms with Crippen LogP contribution >= 0.6 is 11.3 Å². The molecular weight excluding hydrogens is 559 g/mol. The van der Waals surface area contributed by atoms with Gasteiger partial charge in [-0.1, -0.05) is 6.07 Å². The second-order valence-electron chi connectivity index (χ2n) is 8.36. The summed E-state index contributed by atoms with van der Waals surface area (Å²) in [5.74, 6) is -0.295. The molecule has 0 amide bonds. The topological polar surface area (TPSA) is 134 Å². The first-order valence-electron chi connectivity index (χ1n) is 11.7. The molecule has 0 aliphatic heterocycles. The Morgan fingerprint density at radius 1 is 1.07 bits per heavy atom. The number of carbonyl (C=O) groups is 1. The fourth-order valence-corrected chi connectivity index (χ4v) is 5.40. The third-order valence-electron chi connectivity index (χ3n) is 5.63. The molecule has 0 atom stereocenters. The molecule has 0 saturated heterocycles. The van der Waals surface area contributed by atoms with E-state index in [9.17, 15) is 17.6 Å². The highest BCUT2D eigenvalue weighted by atomic mass is 32.2. The molecule has 3 aromatic heterocycles. The number of carbonyl (C=O) groups excluding carboxylic acids is 1. The summed E-state index contributed by atoms with van der Waals surface area (Å²) in [7, 11) is -2.67. The van der Waals surface area contributed by atoms with E-state index in [0.717, 1.165) is 0 Å². The number of pyridine rings is 1. The van der Waals surface area contributed by atoms with E-state index in [0.29, 0.717) is 22.0 Å². The lowest BCUT2D eigenvalue weighted by Crippen LogP contribution is -2.14. The molecule has 3 heterocycles. The van der Waals surface area contributed by atoms with E-state index in [4.69, 9.17) is 13.9 Å². The van der Waals surface area contributed by atoms with Crippen LogP contribution in [0.15, 0.2) is 88.2 Å². The maximum absolute atomic E-state index is 14.6.